The first-order valence-corrected chi connectivity index (χ1v) is 5.72. The molecule has 1 N–H and O–H groups in total. The van der Waals surface area contributed by atoms with E-state index in [0.717, 1.165) is 6.07 Å². The average molecular weight is 271 g/mol. The quantitative estimate of drug-likeness (QED) is 0.927. The van der Waals surface area contributed by atoms with Gasteiger partial charge in [0.15, 0.2) is 0 Å². The molecular weight excluding hydrogens is 261 g/mol. The van der Waals surface area contributed by atoms with E-state index in [1.807, 2.05) is 6.07 Å². The third-order valence-corrected chi connectivity index (χ3v) is 2.72. The van der Waals surface area contributed by atoms with Gasteiger partial charge in [-0.25, -0.2) is 9.18 Å². The topological polar surface area (TPSA) is 70.3 Å². The van der Waals surface area contributed by atoms with E-state index in [1.54, 1.807) is 13.0 Å². The Morgan fingerprint density at radius 1 is 1.30 bits per heavy atom. The van der Waals surface area contributed by atoms with Gasteiger partial charge in [0.1, 0.15) is 23.4 Å². The van der Waals surface area contributed by atoms with Gasteiger partial charge in [-0.2, -0.15) is 5.26 Å². The average Bonchev–Trinajstić information content (AvgIpc) is 2.40. The lowest BCUT2D eigenvalue weighted by molar-refractivity contribution is 0.0696. The van der Waals surface area contributed by atoms with Crippen LogP contribution in [0.4, 0.5) is 4.39 Å². The van der Waals surface area contributed by atoms with Gasteiger partial charge in [0.05, 0.1) is 11.1 Å². The Labute approximate surface area is 114 Å². The number of carboxylic acids is 1. The normalized spacial score (nSPS) is 9.85. The zero-order valence-corrected chi connectivity index (χ0v) is 10.6. The fourth-order valence-corrected chi connectivity index (χ4v) is 1.75. The Kier molecular flexibility index (Phi) is 3.67. The number of carbonyl (C=O) groups is 1. The summed E-state index contributed by atoms with van der Waals surface area (Å²) in [5, 5.41) is 17.9. The lowest BCUT2D eigenvalue weighted by atomic mass is 10.1. The summed E-state index contributed by atoms with van der Waals surface area (Å²) in [5.41, 5.74) is 0.789. The molecular formula is C15H10FNO3. The molecule has 0 aliphatic heterocycles. The number of halogens is 1. The van der Waals surface area contributed by atoms with E-state index in [0.29, 0.717) is 11.3 Å². The van der Waals surface area contributed by atoms with Crippen LogP contribution >= 0.6 is 0 Å². The summed E-state index contributed by atoms with van der Waals surface area (Å²) < 4.78 is 18.5. The molecule has 5 heteroatoms. The van der Waals surface area contributed by atoms with Crippen molar-refractivity contribution in [3.05, 3.63) is 58.9 Å². The van der Waals surface area contributed by atoms with Gasteiger partial charge in [0, 0.05) is 0 Å². The fraction of sp³-hybridized carbons (Fsp3) is 0.0667. The van der Waals surface area contributed by atoms with Crippen molar-refractivity contribution < 1.29 is 19.0 Å². The molecule has 0 unspecified atom stereocenters. The van der Waals surface area contributed by atoms with Crippen LogP contribution in [0.3, 0.4) is 0 Å². The third kappa shape index (κ3) is 2.75. The van der Waals surface area contributed by atoms with Crippen LogP contribution < -0.4 is 4.74 Å². The fourth-order valence-electron chi connectivity index (χ4n) is 1.75. The smallest absolute Gasteiger partial charge is 0.335 e. The van der Waals surface area contributed by atoms with E-state index in [9.17, 15) is 9.18 Å². The molecule has 100 valence electrons. The van der Waals surface area contributed by atoms with Gasteiger partial charge in [0.25, 0.3) is 0 Å². The second kappa shape index (κ2) is 5.41. The first-order valence-electron chi connectivity index (χ1n) is 5.72. The molecule has 0 aliphatic rings. The molecule has 0 aliphatic carbocycles. The van der Waals surface area contributed by atoms with Crippen LogP contribution in [0.1, 0.15) is 21.5 Å². The van der Waals surface area contributed by atoms with Gasteiger partial charge in [-0.05, 0) is 48.9 Å². The van der Waals surface area contributed by atoms with Crippen molar-refractivity contribution in [2.24, 2.45) is 0 Å². The van der Waals surface area contributed by atoms with Crippen molar-refractivity contribution in [3.63, 3.8) is 0 Å². The maximum absolute atomic E-state index is 13.0. The van der Waals surface area contributed by atoms with Crippen molar-refractivity contribution >= 4 is 5.97 Å². The van der Waals surface area contributed by atoms with Crippen LogP contribution in [-0.4, -0.2) is 11.1 Å². The van der Waals surface area contributed by atoms with Crippen LogP contribution in [0.25, 0.3) is 0 Å². The number of aryl methyl sites for hydroxylation is 1. The number of benzene rings is 2. The number of ether oxygens (including phenoxy) is 1. The predicted molar refractivity (Wildman–Crippen MR) is 69.3 cm³/mol. The SMILES string of the molecule is Cc1cc(Oc2ccc(F)cc2C#N)ccc1C(=O)O. The van der Waals surface area contributed by atoms with Gasteiger partial charge in [-0.3, -0.25) is 0 Å². The van der Waals surface area contributed by atoms with Gasteiger partial charge < -0.3 is 9.84 Å². The molecule has 0 saturated heterocycles. The lowest BCUT2D eigenvalue weighted by Crippen LogP contribution is -1.99. The zero-order valence-electron chi connectivity index (χ0n) is 10.6. The summed E-state index contributed by atoms with van der Waals surface area (Å²) in [6.45, 7) is 1.65. The maximum atomic E-state index is 13.0. The van der Waals surface area contributed by atoms with Crippen molar-refractivity contribution in [2.45, 2.75) is 6.92 Å². The van der Waals surface area contributed by atoms with Crippen molar-refractivity contribution in [1.82, 2.24) is 0 Å². The highest BCUT2D eigenvalue weighted by molar-refractivity contribution is 5.89. The molecule has 4 nitrogen and oxygen atoms in total. The molecule has 0 radical (unpaired) electrons. The summed E-state index contributed by atoms with van der Waals surface area (Å²) in [4.78, 5) is 10.9. The number of hydrogen-bond donors (Lipinski definition) is 1. The molecule has 2 aromatic carbocycles. The first-order chi connectivity index (χ1) is 9.51. The van der Waals surface area contributed by atoms with Crippen LogP contribution in [0.5, 0.6) is 11.5 Å². The van der Waals surface area contributed by atoms with Crippen LogP contribution in [-0.2, 0) is 0 Å². The maximum Gasteiger partial charge on any atom is 0.335 e. The minimum atomic E-state index is -1.02. The zero-order chi connectivity index (χ0) is 14.7. The largest absolute Gasteiger partial charge is 0.478 e. The molecule has 0 amide bonds. The van der Waals surface area contributed by atoms with Crippen LogP contribution in [0.2, 0.25) is 0 Å². The summed E-state index contributed by atoms with van der Waals surface area (Å²) in [6, 6.07) is 9.92. The number of aromatic carboxylic acids is 1. The van der Waals surface area contributed by atoms with Crippen molar-refractivity contribution in [2.75, 3.05) is 0 Å². The number of carboxylic acid groups (broad SMARTS) is 1. The number of rotatable bonds is 3. The number of hydrogen-bond acceptors (Lipinski definition) is 3. The Hall–Kier alpha value is -2.87. The van der Waals surface area contributed by atoms with Crippen molar-refractivity contribution in [3.8, 4) is 17.6 Å². The highest BCUT2D eigenvalue weighted by atomic mass is 19.1. The predicted octanol–water partition coefficient (Wildman–Crippen LogP) is 3.50. The number of nitrogens with zero attached hydrogens (tertiary/aromatic N) is 1. The van der Waals surface area contributed by atoms with E-state index in [2.05, 4.69) is 0 Å². The van der Waals surface area contributed by atoms with Crippen molar-refractivity contribution in [1.29, 1.82) is 5.26 Å². The highest BCUT2D eigenvalue weighted by Crippen LogP contribution is 2.27. The second-order valence-electron chi connectivity index (χ2n) is 4.14. The molecule has 0 heterocycles. The molecule has 0 saturated carbocycles. The van der Waals surface area contributed by atoms with Gasteiger partial charge >= 0.3 is 5.97 Å². The second-order valence-corrected chi connectivity index (χ2v) is 4.14. The molecule has 2 rings (SSSR count). The molecule has 0 aromatic heterocycles. The Morgan fingerprint density at radius 2 is 2.05 bits per heavy atom. The minimum absolute atomic E-state index is 0.0740. The molecule has 0 spiro atoms. The van der Waals surface area contributed by atoms with E-state index in [4.69, 9.17) is 15.1 Å². The minimum Gasteiger partial charge on any atom is -0.478 e. The Morgan fingerprint density at radius 3 is 2.65 bits per heavy atom. The van der Waals surface area contributed by atoms with Gasteiger partial charge in [-0.1, -0.05) is 0 Å². The molecule has 0 fully saturated rings. The van der Waals surface area contributed by atoms with E-state index < -0.39 is 11.8 Å². The first kappa shape index (κ1) is 13.6. The standard InChI is InChI=1S/C15H10FNO3/c1-9-6-12(3-4-13(9)15(18)19)20-14-5-2-11(16)7-10(14)8-17/h2-7H,1H3,(H,18,19). The molecule has 0 atom stereocenters. The highest BCUT2D eigenvalue weighted by Gasteiger charge is 2.10. The van der Waals surface area contributed by atoms with E-state index in [1.165, 1.54) is 24.3 Å². The molecule has 0 bridgehead atoms. The monoisotopic (exact) mass is 271 g/mol. The molecule has 20 heavy (non-hydrogen) atoms. The summed E-state index contributed by atoms with van der Waals surface area (Å²) in [5.74, 6) is -0.938. The van der Waals surface area contributed by atoms with E-state index in [-0.39, 0.29) is 16.9 Å². The van der Waals surface area contributed by atoms with Gasteiger partial charge in [-0.15, -0.1) is 0 Å². The van der Waals surface area contributed by atoms with Crippen LogP contribution in [0, 0.1) is 24.1 Å². The lowest BCUT2D eigenvalue weighted by Gasteiger charge is -2.09. The Bertz CT molecular complexity index is 720. The summed E-state index contributed by atoms with van der Waals surface area (Å²) >= 11 is 0. The Balaban J connectivity index is 2.34. The summed E-state index contributed by atoms with van der Waals surface area (Å²) in [6.07, 6.45) is 0. The summed E-state index contributed by atoms with van der Waals surface area (Å²) in [7, 11) is 0. The number of nitriles is 1. The third-order valence-electron chi connectivity index (χ3n) is 2.72. The van der Waals surface area contributed by atoms with Crippen LogP contribution in [0.15, 0.2) is 36.4 Å². The molecule has 2 aromatic rings. The van der Waals surface area contributed by atoms with E-state index >= 15 is 0 Å². The van der Waals surface area contributed by atoms with Gasteiger partial charge in [0.2, 0.25) is 0 Å².